The van der Waals surface area contributed by atoms with Crippen molar-refractivity contribution in [2.24, 2.45) is 0 Å². The van der Waals surface area contributed by atoms with Gasteiger partial charge in [-0.05, 0) is 43.1 Å². The van der Waals surface area contributed by atoms with Crippen LogP contribution >= 0.6 is 11.8 Å². The lowest BCUT2D eigenvalue weighted by atomic mass is 10.1. The molecule has 0 saturated heterocycles. The number of nitrogens with one attached hydrogen (secondary N) is 1. The maximum Gasteiger partial charge on any atom is 0.0605 e. The lowest BCUT2D eigenvalue weighted by molar-refractivity contribution is 0.437. The van der Waals surface area contributed by atoms with E-state index in [9.17, 15) is 0 Å². The highest BCUT2D eigenvalue weighted by Gasteiger charge is 2.32. The molecule has 3 atom stereocenters. The molecule has 0 aliphatic heterocycles. The second-order valence-electron chi connectivity index (χ2n) is 5.34. The molecule has 1 aromatic rings. The van der Waals surface area contributed by atoms with Gasteiger partial charge in [0.1, 0.15) is 0 Å². The Bertz CT molecular complexity index is 407. The molecule has 98 valence electrons. The number of fused-ring (bicyclic) bond motifs is 1. The van der Waals surface area contributed by atoms with E-state index in [0.29, 0.717) is 12.1 Å². The number of pyridine rings is 1. The number of aromatic nitrogens is 1. The highest BCUT2D eigenvalue weighted by atomic mass is 32.2. The Morgan fingerprint density at radius 2 is 2.33 bits per heavy atom. The second kappa shape index (κ2) is 5.62. The van der Waals surface area contributed by atoms with Crippen molar-refractivity contribution in [1.29, 1.82) is 0 Å². The first kappa shape index (κ1) is 12.5. The molecular weight excluding hydrogens is 240 g/mol. The van der Waals surface area contributed by atoms with Gasteiger partial charge in [-0.1, -0.05) is 19.4 Å². The number of thioether (sulfide) groups is 1. The maximum atomic E-state index is 4.58. The molecule has 2 nitrogen and oxygen atoms in total. The topological polar surface area (TPSA) is 24.9 Å². The fourth-order valence-corrected chi connectivity index (χ4v) is 4.57. The predicted octanol–water partition coefficient (Wildman–Crippen LogP) is 3.33. The molecule has 18 heavy (non-hydrogen) atoms. The summed E-state index contributed by atoms with van der Waals surface area (Å²) in [5.74, 6) is 1.24. The molecule has 1 saturated carbocycles. The third-order valence-electron chi connectivity index (χ3n) is 4.21. The molecule has 3 heteroatoms. The van der Waals surface area contributed by atoms with E-state index in [2.05, 4.69) is 41.1 Å². The van der Waals surface area contributed by atoms with Crippen molar-refractivity contribution in [3.05, 3.63) is 29.6 Å². The Balaban J connectivity index is 1.67. The third kappa shape index (κ3) is 2.43. The highest BCUT2D eigenvalue weighted by Crippen LogP contribution is 2.35. The largest absolute Gasteiger partial charge is 0.305 e. The van der Waals surface area contributed by atoms with E-state index >= 15 is 0 Å². The van der Waals surface area contributed by atoms with Gasteiger partial charge in [-0.15, -0.1) is 0 Å². The van der Waals surface area contributed by atoms with Crippen molar-refractivity contribution in [2.75, 3.05) is 5.75 Å². The first-order valence-electron chi connectivity index (χ1n) is 7.20. The predicted molar refractivity (Wildman–Crippen MR) is 78.0 cm³/mol. The Kier molecular flexibility index (Phi) is 3.90. The minimum Gasteiger partial charge on any atom is -0.305 e. The van der Waals surface area contributed by atoms with Crippen LogP contribution in [0.4, 0.5) is 0 Å². The molecule has 2 aliphatic rings. The molecule has 0 bridgehead atoms. The van der Waals surface area contributed by atoms with Crippen LogP contribution in [-0.2, 0) is 6.42 Å². The summed E-state index contributed by atoms with van der Waals surface area (Å²) >= 11 is 2.13. The fraction of sp³-hybridized carbons (Fsp3) is 0.667. The number of rotatable bonds is 4. The van der Waals surface area contributed by atoms with Crippen LogP contribution in [0.15, 0.2) is 18.3 Å². The Labute approximate surface area is 114 Å². The van der Waals surface area contributed by atoms with Crippen molar-refractivity contribution >= 4 is 11.8 Å². The lowest BCUT2D eigenvalue weighted by Gasteiger charge is -2.24. The Morgan fingerprint density at radius 1 is 1.39 bits per heavy atom. The quantitative estimate of drug-likeness (QED) is 0.901. The summed E-state index contributed by atoms with van der Waals surface area (Å²) in [7, 11) is 0. The summed E-state index contributed by atoms with van der Waals surface area (Å²) in [6.07, 6.45) is 8.47. The van der Waals surface area contributed by atoms with E-state index in [1.54, 1.807) is 0 Å². The summed E-state index contributed by atoms with van der Waals surface area (Å²) in [5.41, 5.74) is 2.76. The van der Waals surface area contributed by atoms with E-state index in [4.69, 9.17) is 0 Å². The maximum absolute atomic E-state index is 4.58. The number of hydrogen-bond acceptors (Lipinski definition) is 3. The Hall–Kier alpha value is -0.540. The van der Waals surface area contributed by atoms with Crippen molar-refractivity contribution in [3.63, 3.8) is 0 Å². The first-order chi connectivity index (χ1) is 8.88. The molecule has 0 amide bonds. The van der Waals surface area contributed by atoms with E-state index in [-0.39, 0.29) is 0 Å². The van der Waals surface area contributed by atoms with Crippen molar-refractivity contribution < 1.29 is 0 Å². The number of nitrogens with zero attached hydrogens (tertiary/aromatic N) is 1. The van der Waals surface area contributed by atoms with Gasteiger partial charge in [0.05, 0.1) is 11.7 Å². The number of aryl methyl sites for hydroxylation is 1. The monoisotopic (exact) mass is 262 g/mol. The van der Waals surface area contributed by atoms with Gasteiger partial charge in [0, 0.05) is 17.5 Å². The summed E-state index contributed by atoms with van der Waals surface area (Å²) in [6.45, 7) is 2.27. The second-order valence-corrected chi connectivity index (χ2v) is 6.85. The van der Waals surface area contributed by atoms with Gasteiger partial charge in [0.2, 0.25) is 0 Å². The normalized spacial score (nSPS) is 30.6. The van der Waals surface area contributed by atoms with Crippen LogP contribution in [0.5, 0.6) is 0 Å². The third-order valence-corrected chi connectivity index (χ3v) is 5.53. The van der Waals surface area contributed by atoms with Crippen LogP contribution in [0, 0.1) is 0 Å². The van der Waals surface area contributed by atoms with Gasteiger partial charge in [0.25, 0.3) is 0 Å². The van der Waals surface area contributed by atoms with Gasteiger partial charge < -0.3 is 5.32 Å². The lowest BCUT2D eigenvalue weighted by Crippen LogP contribution is -2.36. The molecule has 0 radical (unpaired) electrons. The van der Waals surface area contributed by atoms with Crippen LogP contribution in [0.2, 0.25) is 0 Å². The fourth-order valence-electron chi connectivity index (χ4n) is 3.36. The van der Waals surface area contributed by atoms with Gasteiger partial charge in [-0.3, -0.25) is 4.98 Å². The average molecular weight is 262 g/mol. The summed E-state index contributed by atoms with van der Waals surface area (Å²) in [4.78, 5) is 4.58. The van der Waals surface area contributed by atoms with Crippen molar-refractivity contribution in [1.82, 2.24) is 10.3 Å². The molecule has 2 aliphatic carbocycles. The van der Waals surface area contributed by atoms with E-state index in [1.807, 2.05) is 6.20 Å². The standard InChI is InChI=1S/C15H22N2S/c1-2-18-14-7-3-6-12(14)17-13-9-8-11-5-4-10-16-15(11)13/h4-5,10,12-14,17H,2-3,6-9H2,1H3. The smallest absolute Gasteiger partial charge is 0.0605 e. The molecule has 0 spiro atoms. The van der Waals surface area contributed by atoms with Gasteiger partial charge >= 0.3 is 0 Å². The molecule has 3 rings (SSSR count). The Morgan fingerprint density at radius 3 is 3.22 bits per heavy atom. The first-order valence-corrected chi connectivity index (χ1v) is 8.25. The van der Waals surface area contributed by atoms with Crippen LogP contribution in [-0.4, -0.2) is 22.0 Å². The van der Waals surface area contributed by atoms with Crippen LogP contribution in [0.1, 0.15) is 49.9 Å². The zero-order valence-corrected chi connectivity index (χ0v) is 11.9. The minimum absolute atomic E-state index is 0.504. The van der Waals surface area contributed by atoms with E-state index < -0.39 is 0 Å². The molecular formula is C15H22N2S. The van der Waals surface area contributed by atoms with Gasteiger partial charge in [0.15, 0.2) is 0 Å². The van der Waals surface area contributed by atoms with Gasteiger partial charge in [-0.25, -0.2) is 0 Å². The zero-order valence-electron chi connectivity index (χ0n) is 11.1. The van der Waals surface area contributed by atoms with Crippen molar-refractivity contribution in [2.45, 2.75) is 56.4 Å². The average Bonchev–Trinajstić information content (AvgIpc) is 2.99. The molecule has 1 fully saturated rings. The number of hydrogen-bond donors (Lipinski definition) is 1. The molecule has 1 aromatic heterocycles. The zero-order chi connectivity index (χ0) is 12.4. The van der Waals surface area contributed by atoms with Crippen molar-refractivity contribution in [3.8, 4) is 0 Å². The highest BCUT2D eigenvalue weighted by molar-refractivity contribution is 7.99. The van der Waals surface area contributed by atoms with Gasteiger partial charge in [-0.2, -0.15) is 11.8 Å². The SMILES string of the molecule is CCSC1CCCC1NC1CCc2cccnc21. The molecule has 1 N–H and O–H groups in total. The summed E-state index contributed by atoms with van der Waals surface area (Å²) in [6, 6.07) is 5.50. The summed E-state index contributed by atoms with van der Waals surface area (Å²) in [5, 5.41) is 4.71. The molecule has 0 aromatic carbocycles. The van der Waals surface area contributed by atoms with E-state index in [0.717, 1.165) is 5.25 Å². The van der Waals surface area contributed by atoms with Crippen LogP contribution in [0.3, 0.4) is 0 Å². The van der Waals surface area contributed by atoms with Crippen LogP contribution in [0.25, 0.3) is 0 Å². The molecule has 3 unspecified atom stereocenters. The van der Waals surface area contributed by atoms with Crippen LogP contribution < -0.4 is 5.32 Å². The minimum atomic E-state index is 0.504. The molecule has 1 heterocycles. The van der Waals surface area contributed by atoms with E-state index in [1.165, 1.54) is 49.1 Å². The summed E-state index contributed by atoms with van der Waals surface area (Å²) < 4.78 is 0.